The van der Waals surface area contributed by atoms with Gasteiger partial charge in [0.25, 0.3) is 5.56 Å². The topological polar surface area (TPSA) is 85.5 Å². The summed E-state index contributed by atoms with van der Waals surface area (Å²) in [7, 11) is -3.77. The zero-order chi connectivity index (χ0) is 18.2. The minimum Gasteiger partial charge on any atom is -0.298 e. The maximum Gasteiger partial charge on any atom is 0.291 e. The minimum absolute atomic E-state index is 0.0473. The molecule has 8 heteroatoms. The number of sulfonamides is 1. The molecule has 132 valence electrons. The highest BCUT2D eigenvalue weighted by atomic mass is 32.2. The smallest absolute Gasteiger partial charge is 0.291 e. The lowest BCUT2D eigenvalue weighted by Crippen LogP contribution is -2.26. The summed E-state index contributed by atoms with van der Waals surface area (Å²) >= 11 is 0. The SMILES string of the molecule is CCn1nc(C)n2cc(S(=O)(=O)N[C@H](C)c3ccccc3)cc2c1=O. The first kappa shape index (κ1) is 17.4. The first-order valence-corrected chi connectivity index (χ1v) is 9.49. The van der Waals surface area contributed by atoms with Crippen molar-refractivity contribution in [1.29, 1.82) is 0 Å². The van der Waals surface area contributed by atoms with Crippen LogP contribution in [0.15, 0.2) is 52.3 Å². The van der Waals surface area contributed by atoms with Crippen molar-refractivity contribution in [2.45, 2.75) is 38.3 Å². The molecule has 25 heavy (non-hydrogen) atoms. The van der Waals surface area contributed by atoms with Crippen LogP contribution in [0, 0.1) is 6.92 Å². The highest BCUT2D eigenvalue weighted by molar-refractivity contribution is 7.89. The van der Waals surface area contributed by atoms with Gasteiger partial charge in [0.2, 0.25) is 10.0 Å². The molecule has 0 saturated carbocycles. The summed E-state index contributed by atoms with van der Waals surface area (Å²) < 4.78 is 30.9. The van der Waals surface area contributed by atoms with Crippen molar-refractivity contribution >= 4 is 15.5 Å². The largest absolute Gasteiger partial charge is 0.298 e. The third kappa shape index (κ3) is 3.22. The molecule has 1 atom stereocenters. The Bertz CT molecular complexity index is 1070. The molecule has 0 aliphatic carbocycles. The lowest BCUT2D eigenvalue weighted by atomic mass is 10.1. The van der Waals surface area contributed by atoms with Gasteiger partial charge in [-0.1, -0.05) is 30.3 Å². The standard InChI is InChI=1S/C17H20N4O3S/c1-4-21-17(22)16-10-15(11-20(16)13(3)18-21)25(23,24)19-12(2)14-8-6-5-7-9-14/h5-12,19H,4H2,1-3H3/t12-/m1/s1. The van der Waals surface area contributed by atoms with Gasteiger partial charge >= 0.3 is 0 Å². The lowest BCUT2D eigenvalue weighted by Gasteiger charge is -2.13. The number of rotatable bonds is 5. The molecule has 0 radical (unpaired) electrons. The first-order chi connectivity index (χ1) is 11.8. The molecule has 2 heterocycles. The Morgan fingerprint density at radius 3 is 2.56 bits per heavy atom. The summed E-state index contributed by atoms with van der Waals surface area (Å²) in [5.74, 6) is 0.550. The van der Waals surface area contributed by atoms with Crippen molar-refractivity contribution in [3.63, 3.8) is 0 Å². The van der Waals surface area contributed by atoms with E-state index < -0.39 is 10.0 Å². The Morgan fingerprint density at radius 2 is 1.92 bits per heavy atom. The molecule has 0 amide bonds. The maximum atomic E-state index is 12.7. The van der Waals surface area contributed by atoms with Crippen LogP contribution in [0.3, 0.4) is 0 Å². The zero-order valence-corrected chi connectivity index (χ0v) is 15.1. The summed E-state index contributed by atoms with van der Waals surface area (Å²) in [6.07, 6.45) is 1.43. The minimum atomic E-state index is -3.77. The molecule has 0 unspecified atom stereocenters. The van der Waals surface area contributed by atoms with E-state index in [-0.39, 0.29) is 16.5 Å². The number of fused-ring (bicyclic) bond motifs is 1. The van der Waals surface area contributed by atoms with Crippen LogP contribution in [-0.2, 0) is 16.6 Å². The van der Waals surface area contributed by atoms with Crippen molar-refractivity contribution < 1.29 is 8.42 Å². The van der Waals surface area contributed by atoms with Gasteiger partial charge in [-0.2, -0.15) is 5.10 Å². The van der Waals surface area contributed by atoms with E-state index in [1.54, 1.807) is 13.8 Å². The van der Waals surface area contributed by atoms with Crippen LogP contribution >= 0.6 is 0 Å². The van der Waals surface area contributed by atoms with Crippen LogP contribution in [0.2, 0.25) is 0 Å². The molecule has 0 fully saturated rings. The fraction of sp³-hybridized carbons (Fsp3) is 0.294. The van der Waals surface area contributed by atoms with Crippen molar-refractivity contribution in [1.82, 2.24) is 18.9 Å². The molecule has 0 aliphatic rings. The number of nitrogens with one attached hydrogen (secondary N) is 1. The van der Waals surface area contributed by atoms with Crippen molar-refractivity contribution in [3.8, 4) is 0 Å². The number of hydrogen-bond donors (Lipinski definition) is 1. The Balaban J connectivity index is 2.02. The fourth-order valence-electron chi connectivity index (χ4n) is 2.74. The normalized spacial score (nSPS) is 13.2. The van der Waals surface area contributed by atoms with Gasteiger partial charge in [0.05, 0.1) is 0 Å². The van der Waals surface area contributed by atoms with Gasteiger partial charge in [0.1, 0.15) is 16.2 Å². The lowest BCUT2D eigenvalue weighted by molar-refractivity contribution is 0.567. The average molecular weight is 360 g/mol. The second-order valence-electron chi connectivity index (χ2n) is 5.85. The van der Waals surface area contributed by atoms with Gasteiger partial charge in [0.15, 0.2) is 0 Å². The molecular formula is C17H20N4O3S. The van der Waals surface area contributed by atoms with Crippen molar-refractivity contribution in [3.05, 3.63) is 64.3 Å². The summed E-state index contributed by atoms with van der Waals surface area (Å²) in [6, 6.07) is 10.3. The molecule has 0 aliphatic heterocycles. The first-order valence-electron chi connectivity index (χ1n) is 8.00. The van der Waals surface area contributed by atoms with Crippen LogP contribution in [0.1, 0.15) is 31.3 Å². The third-order valence-corrected chi connectivity index (χ3v) is 5.61. The maximum absolute atomic E-state index is 12.7. The molecule has 1 N–H and O–H groups in total. The monoisotopic (exact) mass is 360 g/mol. The molecule has 3 aromatic rings. The predicted molar refractivity (Wildman–Crippen MR) is 95.0 cm³/mol. The molecule has 0 spiro atoms. The highest BCUT2D eigenvalue weighted by Gasteiger charge is 2.22. The van der Waals surface area contributed by atoms with Crippen LogP contribution < -0.4 is 10.3 Å². The number of hydrogen-bond acceptors (Lipinski definition) is 4. The number of aromatic nitrogens is 3. The molecule has 1 aromatic carbocycles. The van der Waals surface area contributed by atoms with Crippen molar-refractivity contribution in [2.75, 3.05) is 0 Å². The van der Waals surface area contributed by atoms with E-state index in [1.165, 1.54) is 21.3 Å². The predicted octanol–water partition coefficient (Wildman–Crippen LogP) is 1.86. The van der Waals surface area contributed by atoms with Gasteiger partial charge in [-0.25, -0.2) is 17.8 Å². The highest BCUT2D eigenvalue weighted by Crippen LogP contribution is 2.18. The number of nitrogens with zero attached hydrogens (tertiary/aromatic N) is 3. The summed E-state index contributed by atoms with van der Waals surface area (Å²) in [6.45, 7) is 5.75. The zero-order valence-electron chi connectivity index (χ0n) is 14.3. The number of aryl methyl sites for hydroxylation is 2. The van der Waals surface area contributed by atoms with E-state index in [4.69, 9.17) is 0 Å². The second kappa shape index (κ2) is 6.45. The second-order valence-corrected chi connectivity index (χ2v) is 7.57. The average Bonchev–Trinajstić information content (AvgIpc) is 3.06. The van der Waals surface area contributed by atoms with Gasteiger partial charge in [0, 0.05) is 18.8 Å². The van der Waals surface area contributed by atoms with E-state index in [0.717, 1.165) is 5.56 Å². The van der Waals surface area contributed by atoms with Crippen LogP contribution in [-0.4, -0.2) is 22.6 Å². The van der Waals surface area contributed by atoms with E-state index in [0.29, 0.717) is 17.9 Å². The van der Waals surface area contributed by atoms with Crippen LogP contribution in [0.4, 0.5) is 0 Å². The summed E-state index contributed by atoms with van der Waals surface area (Å²) in [4.78, 5) is 12.4. The number of benzene rings is 1. The third-order valence-electron chi connectivity index (χ3n) is 4.10. The van der Waals surface area contributed by atoms with E-state index >= 15 is 0 Å². The molecular weight excluding hydrogens is 340 g/mol. The molecule has 0 bridgehead atoms. The molecule has 3 rings (SSSR count). The quantitative estimate of drug-likeness (QED) is 0.753. The van der Waals surface area contributed by atoms with Gasteiger partial charge in [-0.05, 0) is 32.4 Å². The molecule has 7 nitrogen and oxygen atoms in total. The molecule has 0 saturated heterocycles. The van der Waals surface area contributed by atoms with Gasteiger partial charge < -0.3 is 0 Å². The van der Waals surface area contributed by atoms with E-state index in [9.17, 15) is 13.2 Å². The van der Waals surface area contributed by atoms with Crippen molar-refractivity contribution in [2.24, 2.45) is 0 Å². The van der Waals surface area contributed by atoms with Crippen LogP contribution in [0.25, 0.3) is 5.52 Å². The van der Waals surface area contributed by atoms with E-state index in [2.05, 4.69) is 9.82 Å². The van der Waals surface area contributed by atoms with Crippen LogP contribution in [0.5, 0.6) is 0 Å². The Labute approximate surface area is 146 Å². The fourth-order valence-corrected chi connectivity index (χ4v) is 3.99. The van der Waals surface area contributed by atoms with Gasteiger partial charge in [-0.15, -0.1) is 0 Å². The summed E-state index contributed by atoms with van der Waals surface area (Å²) in [5.41, 5.74) is 0.841. The van der Waals surface area contributed by atoms with Gasteiger partial charge in [-0.3, -0.25) is 9.20 Å². The Kier molecular flexibility index (Phi) is 4.49. The Hall–Kier alpha value is -2.45. The Morgan fingerprint density at radius 1 is 1.24 bits per heavy atom. The summed E-state index contributed by atoms with van der Waals surface area (Å²) in [5, 5.41) is 4.18. The van der Waals surface area contributed by atoms with E-state index in [1.807, 2.05) is 37.3 Å². The molecule has 2 aromatic heterocycles.